The summed E-state index contributed by atoms with van der Waals surface area (Å²) in [5.41, 5.74) is 0.287. The van der Waals surface area contributed by atoms with E-state index in [0.717, 1.165) is 32.6 Å². The van der Waals surface area contributed by atoms with E-state index in [1.165, 1.54) is 0 Å². The second kappa shape index (κ2) is 5.28. The first-order valence-electron chi connectivity index (χ1n) is 5.99. The first-order chi connectivity index (χ1) is 6.94. The van der Waals surface area contributed by atoms with Crippen LogP contribution in [0.15, 0.2) is 0 Å². The van der Waals surface area contributed by atoms with Crippen molar-refractivity contribution in [2.24, 2.45) is 11.3 Å². The molecule has 1 rings (SSSR count). The molecule has 3 heteroatoms. The molecule has 0 bridgehead atoms. The lowest BCUT2D eigenvalue weighted by Crippen LogP contribution is -2.48. The van der Waals surface area contributed by atoms with Crippen LogP contribution in [0, 0.1) is 11.3 Å². The fourth-order valence-electron chi connectivity index (χ4n) is 2.40. The van der Waals surface area contributed by atoms with Gasteiger partial charge in [0.15, 0.2) is 0 Å². The van der Waals surface area contributed by atoms with Crippen molar-refractivity contribution in [3.8, 4) is 0 Å². The van der Waals surface area contributed by atoms with Crippen molar-refractivity contribution >= 4 is 0 Å². The van der Waals surface area contributed by atoms with Gasteiger partial charge >= 0.3 is 0 Å². The molecule has 0 radical (unpaired) electrons. The lowest BCUT2D eigenvalue weighted by Gasteiger charge is -2.39. The summed E-state index contributed by atoms with van der Waals surface area (Å²) < 4.78 is 0. The fourth-order valence-corrected chi connectivity index (χ4v) is 2.40. The molecule has 1 saturated heterocycles. The van der Waals surface area contributed by atoms with E-state index in [4.69, 9.17) is 0 Å². The maximum absolute atomic E-state index is 9.82. The molecule has 2 N–H and O–H groups in total. The number of rotatable bonds is 4. The van der Waals surface area contributed by atoms with Gasteiger partial charge in [-0.15, -0.1) is 0 Å². The van der Waals surface area contributed by atoms with Crippen LogP contribution in [0.25, 0.3) is 0 Å². The Balaban J connectivity index is 2.39. The zero-order valence-electron chi connectivity index (χ0n) is 10.6. The Labute approximate surface area is 93.9 Å². The van der Waals surface area contributed by atoms with E-state index in [-0.39, 0.29) is 11.5 Å². The molecule has 3 nitrogen and oxygen atoms in total. The average Bonchev–Trinajstić information content (AvgIpc) is 2.10. The summed E-state index contributed by atoms with van der Waals surface area (Å²) in [6.45, 7) is 10.7. The molecule has 1 aliphatic rings. The highest BCUT2D eigenvalue weighted by atomic mass is 16.3. The van der Waals surface area contributed by atoms with Crippen molar-refractivity contribution in [2.45, 2.75) is 33.3 Å². The lowest BCUT2D eigenvalue weighted by molar-refractivity contribution is 0.0148. The van der Waals surface area contributed by atoms with Crippen molar-refractivity contribution in [3.63, 3.8) is 0 Å². The quantitative estimate of drug-likeness (QED) is 0.731. The number of β-amino-alcohol motifs (C(OH)–C–C–N with tert-alkyl or cyclic N) is 1. The summed E-state index contributed by atoms with van der Waals surface area (Å²) in [7, 11) is 1.99. The van der Waals surface area contributed by atoms with Gasteiger partial charge in [-0.25, -0.2) is 0 Å². The first kappa shape index (κ1) is 12.9. The molecule has 0 amide bonds. The first-order valence-corrected chi connectivity index (χ1v) is 5.99. The van der Waals surface area contributed by atoms with Crippen LogP contribution >= 0.6 is 0 Å². The molecular weight excluding hydrogens is 188 g/mol. The molecule has 90 valence electrons. The molecule has 0 aromatic carbocycles. The van der Waals surface area contributed by atoms with Gasteiger partial charge in [-0.2, -0.15) is 0 Å². The third-order valence-electron chi connectivity index (χ3n) is 3.31. The van der Waals surface area contributed by atoms with Gasteiger partial charge in [0.05, 0.1) is 6.10 Å². The Morgan fingerprint density at radius 2 is 2.13 bits per heavy atom. The van der Waals surface area contributed by atoms with Crippen molar-refractivity contribution in [2.75, 3.05) is 33.2 Å². The van der Waals surface area contributed by atoms with E-state index in [1.54, 1.807) is 0 Å². The van der Waals surface area contributed by atoms with Gasteiger partial charge in [0, 0.05) is 19.6 Å². The zero-order chi connectivity index (χ0) is 11.5. The monoisotopic (exact) mass is 214 g/mol. The molecule has 0 aromatic rings. The molecule has 15 heavy (non-hydrogen) atoms. The van der Waals surface area contributed by atoms with E-state index < -0.39 is 0 Å². The van der Waals surface area contributed by atoms with Gasteiger partial charge in [-0.3, -0.25) is 0 Å². The molecule has 0 spiro atoms. The van der Waals surface area contributed by atoms with Crippen molar-refractivity contribution < 1.29 is 5.11 Å². The molecule has 0 aromatic heterocycles. The second-order valence-corrected chi connectivity index (χ2v) is 5.76. The van der Waals surface area contributed by atoms with Crippen LogP contribution in [0.4, 0.5) is 0 Å². The summed E-state index contributed by atoms with van der Waals surface area (Å²) in [5, 5.41) is 13.0. The Morgan fingerprint density at radius 3 is 2.67 bits per heavy atom. The number of aliphatic hydroxyl groups excluding tert-OH is 1. The lowest BCUT2D eigenvalue weighted by atomic mass is 9.89. The number of nitrogens with one attached hydrogen (secondary N) is 1. The molecule has 1 fully saturated rings. The summed E-state index contributed by atoms with van der Waals surface area (Å²) in [6.07, 6.45) is 0.987. The Morgan fingerprint density at radius 1 is 1.47 bits per heavy atom. The van der Waals surface area contributed by atoms with Crippen molar-refractivity contribution in [1.82, 2.24) is 10.2 Å². The van der Waals surface area contributed by atoms with E-state index in [1.807, 2.05) is 7.05 Å². The third kappa shape index (κ3) is 4.09. The molecule has 0 aliphatic carbocycles. The standard InChI is InChI=1S/C12H26N2O/c1-10-5-6-14(7-11(10)15)9-12(2,3)8-13-4/h10-11,13,15H,5-9H2,1-4H3. The topological polar surface area (TPSA) is 35.5 Å². The Bertz CT molecular complexity index is 194. The van der Waals surface area contributed by atoms with E-state index in [2.05, 4.69) is 31.0 Å². The van der Waals surface area contributed by atoms with Crippen molar-refractivity contribution in [3.05, 3.63) is 0 Å². The number of hydrogen-bond donors (Lipinski definition) is 2. The van der Waals surface area contributed by atoms with E-state index in [9.17, 15) is 5.11 Å². The summed E-state index contributed by atoms with van der Waals surface area (Å²) in [4.78, 5) is 2.39. The average molecular weight is 214 g/mol. The highest BCUT2D eigenvalue weighted by Gasteiger charge is 2.28. The summed E-state index contributed by atoms with van der Waals surface area (Å²) in [5.74, 6) is 0.466. The van der Waals surface area contributed by atoms with Crippen LogP contribution < -0.4 is 5.32 Å². The smallest absolute Gasteiger partial charge is 0.0693 e. The summed E-state index contributed by atoms with van der Waals surface area (Å²) >= 11 is 0. The van der Waals surface area contributed by atoms with Crippen LogP contribution in [-0.4, -0.2) is 49.3 Å². The molecule has 1 heterocycles. The van der Waals surface area contributed by atoms with Gasteiger partial charge in [0.2, 0.25) is 0 Å². The number of hydrogen-bond acceptors (Lipinski definition) is 3. The number of nitrogens with zero attached hydrogens (tertiary/aromatic N) is 1. The minimum absolute atomic E-state index is 0.135. The normalized spacial score (nSPS) is 29.4. The predicted molar refractivity (Wildman–Crippen MR) is 63.9 cm³/mol. The predicted octanol–water partition coefficient (Wildman–Crippen LogP) is 0.935. The molecule has 1 aliphatic heterocycles. The Kier molecular flexibility index (Phi) is 4.56. The SMILES string of the molecule is CNCC(C)(C)CN1CCC(C)C(O)C1. The van der Waals surface area contributed by atoms with Crippen LogP contribution in [-0.2, 0) is 0 Å². The van der Waals surface area contributed by atoms with Crippen LogP contribution in [0.2, 0.25) is 0 Å². The van der Waals surface area contributed by atoms with E-state index in [0.29, 0.717) is 5.92 Å². The van der Waals surface area contributed by atoms with Crippen LogP contribution in [0.5, 0.6) is 0 Å². The number of piperidine rings is 1. The fraction of sp³-hybridized carbons (Fsp3) is 1.00. The number of aliphatic hydroxyl groups is 1. The van der Waals surface area contributed by atoms with Gasteiger partial charge in [0.1, 0.15) is 0 Å². The second-order valence-electron chi connectivity index (χ2n) is 5.76. The zero-order valence-corrected chi connectivity index (χ0v) is 10.6. The van der Waals surface area contributed by atoms with Gasteiger partial charge in [0.25, 0.3) is 0 Å². The largest absolute Gasteiger partial charge is 0.392 e. The van der Waals surface area contributed by atoms with Crippen LogP contribution in [0.1, 0.15) is 27.2 Å². The number of likely N-dealkylation sites (tertiary alicyclic amines) is 1. The highest BCUT2D eigenvalue weighted by molar-refractivity contribution is 4.82. The molecule has 0 saturated carbocycles. The van der Waals surface area contributed by atoms with Gasteiger partial charge < -0.3 is 15.3 Å². The maximum atomic E-state index is 9.82. The summed E-state index contributed by atoms with van der Waals surface area (Å²) in [6, 6.07) is 0. The highest BCUT2D eigenvalue weighted by Crippen LogP contribution is 2.22. The van der Waals surface area contributed by atoms with Crippen LogP contribution in [0.3, 0.4) is 0 Å². The Hall–Kier alpha value is -0.120. The van der Waals surface area contributed by atoms with Gasteiger partial charge in [-0.05, 0) is 31.3 Å². The minimum Gasteiger partial charge on any atom is -0.392 e. The molecule has 2 unspecified atom stereocenters. The molecular formula is C12H26N2O. The van der Waals surface area contributed by atoms with E-state index >= 15 is 0 Å². The molecule has 2 atom stereocenters. The van der Waals surface area contributed by atoms with Gasteiger partial charge in [-0.1, -0.05) is 20.8 Å². The van der Waals surface area contributed by atoms with Crippen molar-refractivity contribution in [1.29, 1.82) is 0 Å². The third-order valence-corrected chi connectivity index (χ3v) is 3.31. The minimum atomic E-state index is -0.135. The maximum Gasteiger partial charge on any atom is 0.0693 e.